The molecule has 0 aromatic heterocycles. The number of benzene rings is 1. The van der Waals surface area contributed by atoms with E-state index in [1.165, 1.54) is 0 Å². The van der Waals surface area contributed by atoms with Gasteiger partial charge < -0.3 is 14.5 Å². The first-order valence-corrected chi connectivity index (χ1v) is 6.35. The summed E-state index contributed by atoms with van der Waals surface area (Å²) in [5.74, 6) is 0.609. The normalized spacial score (nSPS) is 19.3. The molecule has 1 unspecified atom stereocenters. The Kier molecular flexibility index (Phi) is 4.20. The van der Waals surface area contributed by atoms with Crippen LogP contribution in [0.5, 0.6) is 5.75 Å². The first-order chi connectivity index (χ1) is 8.66. The van der Waals surface area contributed by atoms with E-state index in [0.717, 1.165) is 25.9 Å². The lowest BCUT2D eigenvalue weighted by molar-refractivity contribution is 0.139. The van der Waals surface area contributed by atoms with Crippen molar-refractivity contribution in [3.63, 3.8) is 0 Å². The molecule has 1 fully saturated rings. The molecule has 4 heteroatoms. The van der Waals surface area contributed by atoms with Crippen LogP contribution < -0.4 is 4.74 Å². The average molecular weight is 248 g/mol. The summed E-state index contributed by atoms with van der Waals surface area (Å²) in [4.78, 5) is 16.0. The molecule has 2 rings (SSSR count). The Morgan fingerprint density at radius 1 is 1.39 bits per heavy atom. The molecule has 0 spiro atoms. The summed E-state index contributed by atoms with van der Waals surface area (Å²) in [6.45, 7) is 1.69. The molecule has 1 aliphatic rings. The molecule has 18 heavy (non-hydrogen) atoms. The van der Waals surface area contributed by atoms with Gasteiger partial charge in [0.1, 0.15) is 5.75 Å². The van der Waals surface area contributed by atoms with Gasteiger partial charge in [0, 0.05) is 19.1 Å². The first-order valence-electron chi connectivity index (χ1n) is 6.35. The molecule has 1 aromatic rings. The molecule has 1 atom stereocenters. The fraction of sp³-hybridized carbons (Fsp3) is 0.500. The number of likely N-dealkylation sites (N-methyl/N-ethyl adjacent to an activating group) is 1. The highest BCUT2D eigenvalue weighted by Crippen LogP contribution is 2.20. The van der Waals surface area contributed by atoms with Crippen molar-refractivity contribution < 1.29 is 9.53 Å². The van der Waals surface area contributed by atoms with Crippen molar-refractivity contribution in [3.8, 4) is 5.75 Å². The molecule has 0 radical (unpaired) electrons. The summed E-state index contributed by atoms with van der Waals surface area (Å²) < 4.78 is 5.38. The van der Waals surface area contributed by atoms with Crippen molar-refractivity contribution in [2.24, 2.45) is 0 Å². The lowest BCUT2D eigenvalue weighted by atomic mass is 10.2. The van der Waals surface area contributed by atoms with E-state index in [9.17, 15) is 4.79 Å². The Labute approximate surface area is 108 Å². The average Bonchev–Trinajstić information content (AvgIpc) is 2.77. The van der Waals surface area contributed by atoms with E-state index in [-0.39, 0.29) is 12.1 Å². The Morgan fingerprint density at radius 3 is 2.78 bits per heavy atom. The van der Waals surface area contributed by atoms with E-state index in [2.05, 4.69) is 4.90 Å². The van der Waals surface area contributed by atoms with Crippen LogP contribution in [-0.4, -0.2) is 49.1 Å². The fourth-order valence-electron chi connectivity index (χ4n) is 2.34. The van der Waals surface area contributed by atoms with Gasteiger partial charge in [-0.25, -0.2) is 4.79 Å². The van der Waals surface area contributed by atoms with Crippen LogP contribution in [0.2, 0.25) is 0 Å². The van der Waals surface area contributed by atoms with E-state index >= 15 is 0 Å². The summed E-state index contributed by atoms with van der Waals surface area (Å²) in [6.07, 6.45) is 1.88. The standard InChI is InChI=1S/C14H20N2O2/c1-15(2)11-12-7-6-10-16(12)14(17)18-13-8-4-3-5-9-13/h3-5,8-9,12H,6-7,10-11H2,1-2H3. The number of hydrogen-bond donors (Lipinski definition) is 0. The van der Waals surface area contributed by atoms with Gasteiger partial charge in [0.15, 0.2) is 0 Å². The fourth-order valence-corrected chi connectivity index (χ4v) is 2.34. The lowest BCUT2D eigenvalue weighted by Gasteiger charge is -2.26. The van der Waals surface area contributed by atoms with Gasteiger partial charge in [-0.1, -0.05) is 18.2 Å². The van der Waals surface area contributed by atoms with Crippen LogP contribution in [0.1, 0.15) is 12.8 Å². The number of amides is 1. The molecule has 98 valence electrons. The molecule has 0 saturated carbocycles. The zero-order valence-electron chi connectivity index (χ0n) is 11.0. The zero-order valence-corrected chi connectivity index (χ0v) is 11.0. The quantitative estimate of drug-likeness (QED) is 0.822. The summed E-state index contributed by atoms with van der Waals surface area (Å²) in [5, 5.41) is 0. The Balaban J connectivity index is 1.96. The molecule has 1 heterocycles. The number of likely N-dealkylation sites (tertiary alicyclic amines) is 1. The number of para-hydroxylation sites is 1. The van der Waals surface area contributed by atoms with Gasteiger partial charge in [-0.15, -0.1) is 0 Å². The summed E-state index contributed by atoms with van der Waals surface area (Å²) in [7, 11) is 4.05. The van der Waals surface area contributed by atoms with Gasteiger partial charge in [-0.3, -0.25) is 0 Å². The third kappa shape index (κ3) is 3.23. The van der Waals surface area contributed by atoms with E-state index in [0.29, 0.717) is 5.75 Å². The second-order valence-corrected chi connectivity index (χ2v) is 4.93. The molecule has 4 nitrogen and oxygen atoms in total. The number of carbonyl (C=O) groups is 1. The number of rotatable bonds is 3. The maximum atomic E-state index is 12.1. The van der Waals surface area contributed by atoms with Crippen LogP contribution in [0.15, 0.2) is 30.3 Å². The molecule has 0 aliphatic carbocycles. The Morgan fingerprint density at radius 2 is 2.11 bits per heavy atom. The summed E-state index contributed by atoms with van der Waals surface area (Å²) in [6, 6.07) is 9.51. The predicted molar refractivity (Wildman–Crippen MR) is 70.7 cm³/mol. The van der Waals surface area contributed by atoms with Gasteiger partial charge in [-0.05, 0) is 39.1 Å². The smallest absolute Gasteiger partial charge is 0.410 e. The van der Waals surface area contributed by atoms with Crippen molar-refractivity contribution >= 4 is 6.09 Å². The van der Waals surface area contributed by atoms with Crippen LogP contribution in [0.4, 0.5) is 4.79 Å². The van der Waals surface area contributed by atoms with Gasteiger partial charge in [0.05, 0.1) is 0 Å². The molecule has 1 aromatic carbocycles. The zero-order chi connectivity index (χ0) is 13.0. The Hall–Kier alpha value is -1.55. The predicted octanol–water partition coefficient (Wildman–Crippen LogP) is 2.21. The van der Waals surface area contributed by atoms with E-state index in [1.54, 1.807) is 12.1 Å². The van der Waals surface area contributed by atoms with Gasteiger partial charge in [0.25, 0.3) is 0 Å². The third-order valence-corrected chi connectivity index (χ3v) is 3.14. The second kappa shape index (κ2) is 5.87. The molecular formula is C14H20N2O2. The SMILES string of the molecule is CN(C)CC1CCCN1C(=O)Oc1ccccc1. The molecule has 1 amide bonds. The van der Waals surface area contributed by atoms with Crippen LogP contribution in [-0.2, 0) is 0 Å². The highest BCUT2D eigenvalue weighted by Gasteiger charge is 2.30. The van der Waals surface area contributed by atoms with Gasteiger partial charge >= 0.3 is 6.09 Å². The van der Waals surface area contributed by atoms with E-state index in [4.69, 9.17) is 4.74 Å². The number of carbonyl (C=O) groups excluding carboxylic acids is 1. The van der Waals surface area contributed by atoms with Crippen molar-refractivity contribution in [2.45, 2.75) is 18.9 Å². The monoisotopic (exact) mass is 248 g/mol. The van der Waals surface area contributed by atoms with Crippen molar-refractivity contribution in [1.82, 2.24) is 9.80 Å². The maximum absolute atomic E-state index is 12.1. The summed E-state index contributed by atoms with van der Waals surface area (Å²) in [5.41, 5.74) is 0. The van der Waals surface area contributed by atoms with Crippen LogP contribution >= 0.6 is 0 Å². The first kappa shape index (κ1) is 12.9. The van der Waals surface area contributed by atoms with Gasteiger partial charge in [-0.2, -0.15) is 0 Å². The molecule has 0 bridgehead atoms. The number of hydrogen-bond acceptors (Lipinski definition) is 3. The van der Waals surface area contributed by atoms with Crippen LogP contribution in [0.25, 0.3) is 0 Å². The topological polar surface area (TPSA) is 32.8 Å². The molecule has 0 N–H and O–H groups in total. The Bertz CT molecular complexity index is 392. The summed E-state index contributed by atoms with van der Waals surface area (Å²) >= 11 is 0. The van der Waals surface area contributed by atoms with Crippen molar-refractivity contribution in [1.29, 1.82) is 0 Å². The van der Waals surface area contributed by atoms with Gasteiger partial charge in [0.2, 0.25) is 0 Å². The highest BCUT2D eigenvalue weighted by atomic mass is 16.6. The maximum Gasteiger partial charge on any atom is 0.415 e. The van der Waals surface area contributed by atoms with Crippen molar-refractivity contribution in [3.05, 3.63) is 30.3 Å². The van der Waals surface area contributed by atoms with Crippen LogP contribution in [0.3, 0.4) is 0 Å². The molecule has 1 saturated heterocycles. The molecule has 1 aliphatic heterocycles. The highest BCUT2D eigenvalue weighted by molar-refractivity contribution is 5.71. The minimum absolute atomic E-state index is 0.231. The largest absolute Gasteiger partial charge is 0.415 e. The molecular weight excluding hydrogens is 228 g/mol. The number of nitrogens with zero attached hydrogens (tertiary/aromatic N) is 2. The number of ether oxygens (including phenoxy) is 1. The lowest BCUT2D eigenvalue weighted by Crippen LogP contribution is -2.42. The van der Waals surface area contributed by atoms with E-state index in [1.807, 2.05) is 37.2 Å². The minimum Gasteiger partial charge on any atom is -0.410 e. The van der Waals surface area contributed by atoms with Crippen molar-refractivity contribution in [2.75, 3.05) is 27.2 Å². The van der Waals surface area contributed by atoms with Crippen LogP contribution in [0, 0.1) is 0 Å². The van der Waals surface area contributed by atoms with E-state index < -0.39 is 0 Å². The second-order valence-electron chi connectivity index (χ2n) is 4.93. The minimum atomic E-state index is -0.231. The third-order valence-electron chi connectivity index (χ3n) is 3.14.